The maximum atomic E-state index is 12.9. The molecule has 0 unspecified atom stereocenters. The van der Waals surface area contributed by atoms with Crippen molar-refractivity contribution in [1.29, 1.82) is 5.26 Å². The summed E-state index contributed by atoms with van der Waals surface area (Å²) in [5, 5.41) is 8.19. The molecule has 1 nitrogen and oxygen atoms in total. The van der Waals surface area contributed by atoms with Crippen LogP contribution in [0, 0.1) is 23.0 Å². The Bertz CT molecular complexity index is 393. The fourth-order valence-corrected chi connectivity index (χ4v) is 1.02. The number of nitrogens with zero attached hydrogens (tertiary/aromatic N) is 1. The zero-order valence-electron chi connectivity index (χ0n) is 6.39. The maximum Gasteiger partial charge on any atom is 0.134 e. The molecular formula is C9H4ClF2N. The van der Waals surface area contributed by atoms with Crippen LogP contribution in [0.4, 0.5) is 8.78 Å². The van der Waals surface area contributed by atoms with Crippen LogP contribution < -0.4 is 0 Å². The van der Waals surface area contributed by atoms with Gasteiger partial charge in [0.2, 0.25) is 0 Å². The molecule has 4 heteroatoms. The van der Waals surface area contributed by atoms with Gasteiger partial charge in [0.1, 0.15) is 11.6 Å². The van der Waals surface area contributed by atoms with Crippen molar-refractivity contribution in [2.45, 2.75) is 0 Å². The van der Waals surface area contributed by atoms with E-state index in [1.165, 1.54) is 6.07 Å². The van der Waals surface area contributed by atoms with Gasteiger partial charge in [-0.3, -0.25) is 0 Å². The van der Waals surface area contributed by atoms with Crippen molar-refractivity contribution in [3.8, 4) is 6.07 Å². The SMILES string of the molecule is N#C/C=C(/Cl)c1ccc(F)cc1F. The molecule has 0 spiro atoms. The normalized spacial score (nSPS) is 11.1. The molecule has 1 rings (SSSR count). The molecule has 66 valence electrons. The minimum Gasteiger partial charge on any atom is -0.207 e. The van der Waals surface area contributed by atoms with Crippen LogP contribution in [0.2, 0.25) is 0 Å². The zero-order chi connectivity index (χ0) is 9.84. The number of hydrogen-bond donors (Lipinski definition) is 0. The van der Waals surface area contributed by atoms with E-state index in [1.807, 2.05) is 0 Å². The van der Waals surface area contributed by atoms with Crippen LogP contribution in [0.25, 0.3) is 5.03 Å². The van der Waals surface area contributed by atoms with E-state index in [0.29, 0.717) is 6.07 Å². The molecule has 0 aromatic heterocycles. The zero-order valence-corrected chi connectivity index (χ0v) is 7.15. The molecule has 0 radical (unpaired) electrons. The molecule has 0 N–H and O–H groups in total. The van der Waals surface area contributed by atoms with Crippen LogP contribution in [0.5, 0.6) is 0 Å². The van der Waals surface area contributed by atoms with Crippen LogP contribution in [-0.4, -0.2) is 0 Å². The van der Waals surface area contributed by atoms with Crippen molar-refractivity contribution >= 4 is 16.6 Å². The molecule has 0 fully saturated rings. The standard InChI is InChI=1S/C9H4ClF2N/c10-8(3-4-13)7-2-1-6(11)5-9(7)12/h1-3,5H/b8-3+. The Morgan fingerprint density at radius 1 is 1.46 bits per heavy atom. The predicted octanol–water partition coefficient (Wildman–Crippen LogP) is 3.07. The van der Waals surface area contributed by atoms with Gasteiger partial charge in [-0.1, -0.05) is 11.6 Å². The molecular weight excluding hydrogens is 196 g/mol. The Morgan fingerprint density at radius 2 is 2.15 bits per heavy atom. The highest BCUT2D eigenvalue weighted by Gasteiger charge is 2.06. The summed E-state index contributed by atoms with van der Waals surface area (Å²) >= 11 is 5.54. The van der Waals surface area contributed by atoms with Crippen molar-refractivity contribution < 1.29 is 8.78 Å². The molecule has 0 bridgehead atoms. The molecule has 0 heterocycles. The first-order valence-electron chi connectivity index (χ1n) is 3.36. The smallest absolute Gasteiger partial charge is 0.134 e. The van der Waals surface area contributed by atoms with Crippen LogP contribution >= 0.6 is 11.6 Å². The maximum absolute atomic E-state index is 12.9. The lowest BCUT2D eigenvalue weighted by atomic mass is 10.2. The van der Waals surface area contributed by atoms with Crippen molar-refractivity contribution in [3.63, 3.8) is 0 Å². The number of allylic oxidation sites excluding steroid dienone is 1. The first-order valence-corrected chi connectivity index (χ1v) is 3.73. The largest absolute Gasteiger partial charge is 0.207 e. The van der Waals surface area contributed by atoms with E-state index in [-0.39, 0.29) is 10.6 Å². The number of rotatable bonds is 1. The third kappa shape index (κ3) is 2.27. The molecule has 0 saturated heterocycles. The Hall–Kier alpha value is -1.40. The lowest BCUT2D eigenvalue weighted by Gasteiger charge is -1.99. The van der Waals surface area contributed by atoms with Crippen molar-refractivity contribution in [1.82, 2.24) is 0 Å². The summed E-state index contributed by atoms with van der Waals surface area (Å²) < 4.78 is 25.4. The third-order valence-electron chi connectivity index (χ3n) is 1.38. The number of benzene rings is 1. The van der Waals surface area contributed by atoms with E-state index in [9.17, 15) is 8.78 Å². The summed E-state index contributed by atoms with van der Waals surface area (Å²) in [5.74, 6) is -1.46. The van der Waals surface area contributed by atoms with Gasteiger partial charge in [-0.15, -0.1) is 0 Å². The molecule has 0 aliphatic carbocycles. The van der Waals surface area contributed by atoms with Gasteiger partial charge in [0.05, 0.1) is 11.1 Å². The van der Waals surface area contributed by atoms with Gasteiger partial charge in [0.25, 0.3) is 0 Å². The quantitative estimate of drug-likeness (QED) is 0.638. The summed E-state index contributed by atoms with van der Waals surface area (Å²) in [5.41, 5.74) is 0.0182. The molecule has 0 amide bonds. The van der Waals surface area contributed by atoms with Gasteiger partial charge < -0.3 is 0 Å². The lowest BCUT2D eigenvalue weighted by Crippen LogP contribution is -1.86. The van der Waals surface area contributed by atoms with Gasteiger partial charge >= 0.3 is 0 Å². The summed E-state index contributed by atoms with van der Waals surface area (Å²) in [6.07, 6.45) is 0.984. The molecule has 1 aromatic rings. The fourth-order valence-electron chi connectivity index (χ4n) is 0.818. The fraction of sp³-hybridized carbons (Fsp3) is 0. The first-order chi connectivity index (χ1) is 6.15. The van der Waals surface area contributed by atoms with E-state index in [0.717, 1.165) is 12.1 Å². The van der Waals surface area contributed by atoms with Crippen LogP contribution in [0.1, 0.15) is 5.56 Å². The topological polar surface area (TPSA) is 23.8 Å². The third-order valence-corrected chi connectivity index (χ3v) is 1.69. The molecule has 0 saturated carbocycles. The van der Waals surface area contributed by atoms with E-state index in [4.69, 9.17) is 16.9 Å². The van der Waals surface area contributed by atoms with E-state index in [1.54, 1.807) is 6.07 Å². The Labute approximate surface area is 78.9 Å². The van der Waals surface area contributed by atoms with Gasteiger partial charge in [-0.2, -0.15) is 5.26 Å². The highest BCUT2D eigenvalue weighted by molar-refractivity contribution is 6.49. The second-order valence-electron chi connectivity index (χ2n) is 2.25. The number of nitriles is 1. The summed E-state index contributed by atoms with van der Waals surface area (Å²) in [4.78, 5) is 0. The van der Waals surface area contributed by atoms with Gasteiger partial charge in [-0.25, -0.2) is 8.78 Å². The Kier molecular flexibility index (Phi) is 2.99. The van der Waals surface area contributed by atoms with E-state index >= 15 is 0 Å². The highest BCUT2D eigenvalue weighted by Crippen LogP contribution is 2.21. The molecule has 0 aliphatic heterocycles. The van der Waals surface area contributed by atoms with E-state index < -0.39 is 11.6 Å². The van der Waals surface area contributed by atoms with Crippen molar-refractivity contribution in [3.05, 3.63) is 41.5 Å². The second kappa shape index (κ2) is 4.01. The van der Waals surface area contributed by atoms with Crippen LogP contribution in [-0.2, 0) is 0 Å². The Balaban J connectivity index is 3.18. The van der Waals surface area contributed by atoms with Gasteiger partial charge in [0, 0.05) is 17.7 Å². The van der Waals surface area contributed by atoms with Gasteiger partial charge in [-0.05, 0) is 12.1 Å². The highest BCUT2D eigenvalue weighted by atomic mass is 35.5. The molecule has 1 aromatic carbocycles. The summed E-state index contributed by atoms with van der Waals surface area (Å²) in [6.45, 7) is 0. The number of halogens is 3. The second-order valence-corrected chi connectivity index (χ2v) is 2.65. The average Bonchev–Trinajstić information content (AvgIpc) is 2.04. The monoisotopic (exact) mass is 199 g/mol. The lowest BCUT2D eigenvalue weighted by molar-refractivity contribution is 0.581. The van der Waals surface area contributed by atoms with Crippen LogP contribution in [0.15, 0.2) is 24.3 Å². The molecule has 0 atom stereocenters. The van der Waals surface area contributed by atoms with E-state index in [2.05, 4.69) is 0 Å². The van der Waals surface area contributed by atoms with Crippen molar-refractivity contribution in [2.75, 3.05) is 0 Å². The summed E-state index contributed by atoms with van der Waals surface area (Å²) in [7, 11) is 0. The Morgan fingerprint density at radius 3 is 2.69 bits per heavy atom. The number of hydrogen-bond acceptors (Lipinski definition) is 1. The minimum absolute atomic E-state index is 0.0182. The average molecular weight is 200 g/mol. The minimum atomic E-state index is -0.781. The van der Waals surface area contributed by atoms with Crippen LogP contribution in [0.3, 0.4) is 0 Å². The summed E-state index contributed by atoms with van der Waals surface area (Å²) in [6, 6.07) is 4.62. The first kappa shape index (κ1) is 9.69. The predicted molar refractivity (Wildman–Crippen MR) is 45.8 cm³/mol. The molecule has 13 heavy (non-hydrogen) atoms. The van der Waals surface area contributed by atoms with Crippen molar-refractivity contribution in [2.24, 2.45) is 0 Å². The molecule has 0 aliphatic rings. The van der Waals surface area contributed by atoms with Gasteiger partial charge in [0.15, 0.2) is 0 Å².